The van der Waals surface area contributed by atoms with Gasteiger partial charge in [-0.1, -0.05) is 54.6 Å². The van der Waals surface area contributed by atoms with E-state index in [9.17, 15) is 13.5 Å². The van der Waals surface area contributed by atoms with E-state index in [4.69, 9.17) is 14.2 Å². The smallest absolute Gasteiger partial charge is 0.154 e. The molecule has 0 aliphatic rings. The second kappa shape index (κ2) is 10.6. The average Bonchev–Trinajstić information content (AvgIpc) is 2.83. The Hall–Kier alpha value is -2.87. The number of benzene rings is 3. The second-order valence-corrected chi connectivity index (χ2v) is 9.51. The van der Waals surface area contributed by atoms with E-state index in [0.717, 1.165) is 16.7 Å². The van der Waals surface area contributed by atoms with Crippen LogP contribution in [0.4, 0.5) is 0 Å². The number of rotatable bonds is 11. The number of hydrogen-bond donors (Lipinski definition) is 0. The fourth-order valence-electron chi connectivity index (χ4n) is 3.63. The van der Waals surface area contributed by atoms with Gasteiger partial charge in [0.05, 0.1) is 38.9 Å². The van der Waals surface area contributed by atoms with Crippen molar-refractivity contribution in [2.45, 2.75) is 5.60 Å². The molecule has 0 aromatic heterocycles. The minimum Gasteiger partial charge on any atom is -0.497 e. The maximum absolute atomic E-state index is 12.2. The molecule has 3 rings (SSSR count). The van der Waals surface area contributed by atoms with Gasteiger partial charge in [-0.05, 0) is 41.0 Å². The predicted octanol–water partition coefficient (Wildman–Crippen LogP) is 3.86. The Balaban J connectivity index is 2.14. The van der Waals surface area contributed by atoms with Crippen molar-refractivity contribution in [1.29, 1.82) is 0 Å². The van der Waals surface area contributed by atoms with Gasteiger partial charge in [0, 0.05) is 0 Å². The van der Waals surface area contributed by atoms with E-state index in [1.807, 2.05) is 78.9 Å². The van der Waals surface area contributed by atoms with E-state index in [-0.39, 0.29) is 12.4 Å². The lowest BCUT2D eigenvalue weighted by Crippen LogP contribution is -2.35. The van der Waals surface area contributed by atoms with Crippen molar-refractivity contribution in [3.8, 4) is 11.5 Å². The van der Waals surface area contributed by atoms with Crippen molar-refractivity contribution in [2.24, 2.45) is 0 Å². The van der Waals surface area contributed by atoms with Gasteiger partial charge in [0.25, 0.3) is 0 Å². The van der Waals surface area contributed by atoms with Crippen LogP contribution in [-0.4, -0.2) is 47.4 Å². The van der Waals surface area contributed by atoms with Crippen LogP contribution in [0.1, 0.15) is 16.7 Å². The summed E-state index contributed by atoms with van der Waals surface area (Å²) >= 11 is 0. The van der Waals surface area contributed by atoms with Crippen molar-refractivity contribution in [1.82, 2.24) is 0 Å². The van der Waals surface area contributed by atoms with Crippen LogP contribution in [-0.2, 0) is 25.3 Å². The summed E-state index contributed by atoms with van der Waals surface area (Å²) in [7, 11) is -0.304. The summed E-state index contributed by atoms with van der Waals surface area (Å²) in [6.07, 6.45) is 0. The van der Waals surface area contributed by atoms with Crippen LogP contribution < -0.4 is 9.47 Å². The van der Waals surface area contributed by atoms with Crippen LogP contribution in [0.25, 0.3) is 0 Å². The van der Waals surface area contributed by atoms with Gasteiger partial charge in [0.1, 0.15) is 17.1 Å². The molecule has 0 heterocycles. The first-order chi connectivity index (χ1) is 15.4. The Kier molecular flexibility index (Phi) is 7.90. The summed E-state index contributed by atoms with van der Waals surface area (Å²) in [6, 6.07) is 24.6. The normalized spacial score (nSPS) is 11.8. The molecule has 0 amide bonds. The van der Waals surface area contributed by atoms with Gasteiger partial charge in [-0.25, -0.2) is 13.5 Å². The molecule has 3 aromatic rings. The first-order valence-corrected chi connectivity index (χ1v) is 12.0. The summed E-state index contributed by atoms with van der Waals surface area (Å²) in [5.74, 6) is 0.752. The lowest BCUT2D eigenvalue weighted by molar-refractivity contribution is 0.0227. The number of hydrogen-bond acceptors (Lipinski definition) is 5. The topological polar surface area (TPSA) is 81.7 Å². The fourth-order valence-corrected chi connectivity index (χ4v) is 4.42. The maximum Gasteiger partial charge on any atom is 0.154 e. The van der Waals surface area contributed by atoms with Gasteiger partial charge < -0.3 is 14.2 Å². The summed E-state index contributed by atoms with van der Waals surface area (Å²) in [5.41, 5.74) is 1.40. The van der Waals surface area contributed by atoms with E-state index < -0.39 is 27.8 Å². The van der Waals surface area contributed by atoms with E-state index in [1.54, 1.807) is 14.2 Å². The summed E-state index contributed by atoms with van der Waals surface area (Å²) < 4.78 is 41.4. The molecule has 0 fully saturated rings. The van der Waals surface area contributed by atoms with Gasteiger partial charge >= 0.3 is 0 Å². The highest BCUT2D eigenvalue weighted by Crippen LogP contribution is 2.41. The van der Waals surface area contributed by atoms with Gasteiger partial charge in [0.15, 0.2) is 9.84 Å². The zero-order valence-corrected chi connectivity index (χ0v) is 19.0. The van der Waals surface area contributed by atoms with Crippen LogP contribution in [0.3, 0.4) is 0 Å². The van der Waals surface area contributed by atoms with Crippen molar-refractivity contribution >= 4 is 9.84 Å². The van der Waals surface area contributed by atoms with Crippen LogP contribution in [0.15, 0.2) is 78.9 Å². The maximum atomic E-state index is 12.2. The quantitative estimate of drug-likeness (QED) is 0.410. The van der Waals surface area contributed by atoms with Crippen molar-refractivity contribution < 1.29 is 27.7 Å². The molecule has 1 radical (unpaired) electrons. The van der Waals surface area contributed by atoms with Gasteiger partial charge in [-0.3, -0.25) is 0 Å². The molecule has 0 spiro atoms. The Morgan fingerprint density at radius 3 is 1.59 bits per heavy atom. The van der Waals surface area contributed by atoms with Crippen LogP contribution >= 0.6 is 0 Å². The van der Waals surface area contributed by atoms with Gasteiger partial charge in [0.2, 0.25) is 0 Å². The van der Waals surface area contributed by atoms with Gasteiger partial charge in [-0.15, -0.1) is 0 Å². The number of ether oxygens (including phenoxy) is 3. The van der Waals surface area contributed by atoms with E-state index in [1.165, 1.54) is 0 Å². The third-order valence-corrected chi connectivity index (χ3v) is 6.86. The molecule has 3 aromatic carbocycles. The molecule has 0 bridgehead atoms. The summed E-state index contributed by atoms with van der Waals surface area (Å²) in [6.45, 7) is -0.738. The first kappa shape index (κ1) is 23.8. The highest BCUT2D eigenvalue weighted by atomic mass is 32.2. The Bertz CT molecular complexity index is 1030. The number of methoxy groups -OCH3 is 2. The monoisotopic (exact) mass is 455 g/mol. The Morgan fingerprint density at radius 1 is 0.688 bits per heavy atom. The molecule has 0 saturated carbocycles. The molecule has 0 atom stereocenters. The highest BCUT2D eigenvalue weighted by molar-refractivity contribution is 7.91. The van der Waals surface area contributed by atoms with E-state index in [2.05, 4.69) is 0 Å². The Labute approximate surface area is 189 Å². The third kappa shape index (κ3) is 5.30. The molecule has 0 saturated heterocycles. The molecule has 0 unspecified atom stereocenters. The molecule has 6 nitrogen and oxygen atoms in total. The Morgan fingerprint density at radius 2 is 1.16 bits per heavy atom. The average molecular weight is 456 g/mol. The molecule has 0 aliphatic carbocycles. The van der Waals surface area contributed by atoms with Crippen molar-refractivity contribution in [3.05, 3.63) is 95.6 Å². The van der Waals surface area contributed by atoms with Gasteiger partial charge in [-0.2, -0.15) is 0 Å². The van der Waals surface area contributed by atoms with Crippen molar-refractivity contribution in [3.63, 3.8) is 0 Å². The second-order valence-electron chi connectivity index (χ2n) is 7.21. The molecular formula is C25H27O6S. The zero-order valence-electron chi connectivity index (χ0n) is 18.2. The molecule has 169 valence electrons. The van der Waals surface area contributed by atoms with Crippen molar-refractivity contribution in [2.75, 3.05) is 38.9 Å². The third-order valence-electron chi connectivity index (χ3n) is 5.28. The standard InChI is InChI=1S/C25H27O6S/c1-29-23-12-8-21(9-13-23)25(20-6-4-3-5-7-20,22-10-14-24(30-2)15-11-22)31-17-19-32(27,28)18-16-26/h3-15H,16-19H2,1-2H3. The van der Waals surface area contributed by atoms with E-state index in [0.29, 0.717) is 11.5 Å². The first-order valence-electron chi connectivity index (χ1n) is 10.2. The largest absolute Gasteiger partial charge is 0.497 e. The molecule has 0 aliphatic heterocycles. The predicted molar refractivity (Wildman–Crippen MR) is 122 cm³/mol. The molecule has 32 heavy (non-hydrogen) atoms. The lowest BCUT2D eigenvalue weighted by Gasteiger charge is -2.36. The zero-order chi connectivity index (χ0) is 23.0. The van der Waals surface area contributed by atoms with E-state index >= 15 is 0 Å². The van der Waals surface area contributed by atoms with Crippen LogP contribution in [0, 0.1) is 0 Å². The number of sulfone groups is 1. The summed E-state index contributed by atoms with van der Waals surface area (Å²) in [5, 5.41) is 10.8. The summed E-state index contributed by atoms with van der Waals surface area (Å²) in [4.78, 5) is 0. The SMILES string of the molecule is COc1ccc(C(OCCS(=O)(=O)CC[O])(c2ccccc2)c2ccc(OC)cc2)cc1. The lowest BCUT2D eigenvalue weighted by atomic mass is 9.80. The molecule has 0 N–H and O–H groups in total. The molecule has 7 heteroatoms. The minimum absolute atomic E-state index is 0.0741. The highest BCUT2D eigenvalue weighted by Gasteiger charge is 2.38. The molecular weight excluding hydrogens is 428 g/mol. The minimum atomic E-state index is -3.50. The van der Waals surface area contributed by atoms with Crippen LogP contribution in [0.5, 0.6) is 11.5 Å². The fraction of sp³-hybridized carbons (Fsp3) is 0.280. The van der Waals surface area contributed by atoms with Crippen LogP contribution in [0.2, 0.25) is 0 Å².